The van der Waals surface area contributed by atoms with Crippen LogP contribution in [-0.4, -0.2) is 16.8 Å². The molecule has 5 nitrogen and oxygen atoms in total. The molecule has 0 aliphatic carbocycles. The van der Waals surface area contributed by atoms with Gasteiger partial charge in [-0.1, -0.05) is 0 Å². The second-order valence-electron chi connectivity index (χ2n) is 5.74. The van der Waals surface area contributed by atoms with E-state index >= 15 is 0 Å². The maximum atomic E-state index is 12.8. The first-order valence-corrected chi connectivity index (χ1v) is 10.2. The van der Waals surface area contributed by atoms with E-state index in [4.69, 9.17) is 0 Å². The molecule has 16 heteroatoms. The number of hydrogen-bond acceptors (Lipinski definition) is 5. The highest BCUT2D eigenvalue weighted by Crippen LogP contribution is 2.38. The number of hydrogen-bond donors (Lipinski definition) is 0. The summed E-state index contributed by atoms with van der Waals surface area (Å²) in [6.45, 7) is 0. The van der Waals surface area contributed by atoms with E-state index in [1.54, 1.807) is 0 Å². The highest BCUT2D eigenvalue weighted by molar-refractivity contribution is 7.99. The predicted molar refractivity (Wildman–Crippen MR) is 83.3 cm³/mol. The predicted octanol–water partition coefficient (Wildman–Crippen LogP) is 4.84. The molecule has 0 atom stereocenters. The van der Waals surface area contributed by atoms with E-state index in [9.17, 15) is 56.3 Å². The Morgan fingerprint density at radius 1 is 0.516 bits per heavy atom. The van der Waals surface area contributed by atoms with Crippen molar-refractivity contribution in [1.29, 1.82) is 0 Å². The van der Waals surface area contributed by atoms with Crippen LogP contribution in [0.2, 0.25) is 0 Å². The summed E-state index contributed by atoms with van der Waals surface area (Å²) in [7, 11) is -11.2. The van der Waals surface area contributed by atoms with Crippen LogP contribution in [0.15, 0.2) is 52.3 Å². The smallest absolute Gasteiger partial charge is 0.193 e. The van der Waals surface area contributed by atoms with Gasteiger partial charge in [0.1, 0.15) is 0 Å². The summed E-state index contributed by atoms with van der Waals surface area (Å²) in [5, 5.41) is 0. The first-order valence-electron chi connectivity index (χ1n) is 7.41. The molecule has 2 rings (SSSR count). The van der Waals surface area contributed by atoms with E-state index in [-0.39, 0.29) is 24.3 Å². The molecule has 0 N–H and O–H groups in total. The molecule has 2 aromatic rings. The minimum Gasteiger partial charge on any atom is -0.193 e. The van der Waals surface area contributed by atoms with Crippen molar-refractivity contribution in [3.05, 3.63) is 59.2 Å². The van der Waals surface area contributed by atoms with Crippen molar-refractivity contribution in [2.24, 2.45) is 0 Å². The van der Waals surface area contributed by atoms with E-state index in [2.05, 4.69) is 3.63 Å². The summed E-state index contributed by atoms with van der Waals surface area (Å²) in [6, 6.07) is 0.106. The minimum atomic E-state index is -5.78. The van der Waals surface area contributed by atoms with Gasteiger partial charge in [-0.3, -0.25) is 0 Å². The number of alkyl halides is 9. The minimum absolute atomic E-state index is 0.245. The normalized spacial score (nSPS) is 14.0. The van der Waals surface area contributed by atoms with E-state index in [1.807, 2.05) is 0 Å². The third-order valence-electron chi connectivity index (χ3n) is 3.50. The summed E-state index contributed by atoms with van der Waals surface area (Å²) < 4.78 is 167. The topological polar surface area (TPSA) is 77.5 Å². The molecule has 0 heterocycles. The Balaban J connectivity index is 2.52. The van der Waals surface area contributed by atoms with Gasteiger partial charge in [-0.2, -0.15) is 56.3 Å². The molecule has 0 amide bonds. The van der Waals surface area contributed by atoms with Crippen molar-refractivity contribution in [3.8, 4) is 0 Å². The summed E-state index contributed by atoms with van der Waals surface area (Å²) in [5.74, 6) is 0. The van der Waals surface area contributed by atoms with Crippen LogP contribution in [0.5, 0.6) is 0 Å². The fraction of sp³-hybridized carbons (Fsp3) is 0.200. The molecule has 0 unspecified atom stereocenters. The molecule has 0 spiro atoms. The Hall–Kier alpha value is -2.33. The lowest BCUT2D eigenvalue weighted by atomic mass is 10.1. The third-order valence-corrected chi connectivity index (χ3v) is 6.60. The third kappa shape index (κ3) is 5.88. The maximum Gasteiger partial charge on any atom is 0.416 e. The zero-order chi connectivity index (χ0) is 24.0. The zero-order valence-corrected chi connectivity index (χ0v) is 15.9. The Morgan fingerprint density at radius 3 is 1.23 bits per heavy atom. The Kier molecular flexibility index (Phi) is 6.17. The average molecular weight is 502 g/mol. The van der Waals surface area contributed by atoms with Gasteiger partial charge in [0.25, 0.3) is 0 Å². The van der Waals surface area contributed by atoms with Crippen molar-refractivity contribution in [2.75, 3.05) is 0 Å². The van der Waals surface area contributed by atoms with Gasteiger partial charge in [0.15, 0.2) is 0 Å². The molecule has 0 aromatic heterocycles. The Morgan fingerprint density at radius 2 is 0.871 bits per heavy atom. The number of benzene rings is 2. The molecule has 172 valence electrons. The second-order valence-corrected chi connectivity index (χ2v) is 9.04. The summed E-state index contributed by atoms with van der Waals surface area (Å²) >= 11 is 0. The SMILES string of the molecule is O=S(=O)(OS(=O)(=O)c1cc(C(F)(F)F)cc(C(F)(F)F)c1)c1ccc(C(F)(F)F)cc1. The number of rotatable bonds is 4. The van der Waals surface area contributed by atoms with Crippen LogP contribution in [0.4, 0.5) is 39.5 Å². The molecule has 0 bridgehead atoms. The second kappa shape index (κ2) is 7.67. The van der Waals surface area contributed by atoms with E-state index in [1.165, 1.54) is 0 Å². The van der Waals surface area contributed by atoms with Gasteiger partial charge >= 0.3 is 38.8 Å². The van der Waals surface area contributed by atoms with Crippen LogP contribution < -0.4 is 0 Å². The van der Waals surface area contributed by atoms with Crippen LogP contribution in [0.1, 0.15) is 16.7 Å². The molecule has 0 fully saturated rings. The standard InChI is InChI=1S/C15H7F9O5S2/c16-13(17,18)8-1-3-11(4-2-8)30(25,26)29-31(27,28)12-6-9(14(19,20)21)5-10(7-12)15(22,23)24/h1-7H. The van der Waals surface area contributed by atoms with Crippen LogP contribution in [-0.2, 0) is 42.4 Å². The largest absolute Gasteiger partial charge is 0.416 e. The van der Waals surface area contributed by atoms with Gasteiger partial charge in [0.05, 0.1) is 26.5 Å². The van der Waals surface area contributed by atoms with Crippen LogP contribution >= 0.6 is 0 Å². The van der Waals surface area contributed by atoms with Crippen LogP contribution in [0, 0.1) is 0 Å². The van der Waals surface area contributed by atoms with Gasteiger partial charge < -0.3 is 0 Å². The van der Waals surface area contributed by atoms with Crippen molar-refractivity contribution >= 4 is 20.2 Å². The van der Waals surface area contributed by atoms with Gasteiger partial charge in [-0.15, -0.1) is 3.63 Å². The van der Waals surface area contributed by atoms with E-state index < -0.39 is 71.3 Å². The first-order chi connectivity index (χ1) is 13.7. The summed E-state index contributed by atoms with van der Waals surface area (Å²) in [4.78, 5) is -2.93. The summed E-state index contributed by atoms with van der Waals surface area (Å²) in [6.07, 6.45) is -15.7. The quantitative estimate of drug-likeness (QED) is 0.560. The van der Waals surface area contributed by atoms with E-state index in [0.29, 0.717) is 12.1 Å². The molecular formula is C15H7F9O5S2. The number of halogens is 9. The lowest BCUT2D eigenvalue weighted by Gasteiger charge is -2.14. The monoisotopic (exact) mass is 502 g/mol. The molecule has 0 saturated heterocycles. The van der Waals surface area contributed by atoms with Gasteiger partial charge in [0.2, 0.25) is 0 Å². The lowest BCUT2D eigenvalue weighted by molar-refractivity contribution is -0.143. The lowest BCUT2D eigenvalue weighted by Crippen LogP contribution is -2.17. The molecule has 2 aromatic carbocycles. The van der Waals surface area contributed by atoms with Crippen molar-refractivity contribution in [3.63, 3.8) is 0 Å². The highest BCUT2D eigenvalue weighted by Gasteiger charge is 2.39. The van der Waals surface area contributed by atoms with Crippen molar-refractivity contribution < 1.29 is 60.0 Å². The molecule has 0 radical (unpaired) electrons. The molecular weight excluding hydrogens is 495 g/mol. The zero-order valence-electron chi connectivity index (χ0n) is 14.3. The van der Waals surface area contributed by atoms with Crippen molar-refractivity contribution in [2.45, 2.75) is 28.3 Å². The fourth-order valence-electron chi connectivity index (χ4n) is 2.08. The summed E-state index contributed by atoms with van der Waals surface area (Å²) in [5.41, 5.74) is -5.44. The Bertz CT molecular complexity index is 1150. The first kappa shape index (κ1) is 24.9. The maximum absolute atomic E-state index is 12.8. The average Bonchev–Trinajstić information content (AvgIpc) is 2.58. The molecule has 0 aliphatic heterocycles. The molecule has 31 heavy (non-hydrogen) atoms. The molecule has 0 aliphatic rings. The van der Waals surface area contributed by atoms with Crippen LogP contribution in [0.25, 0.3) is 0 Å². The van der Waals surface area contributed by atoms with Crippen molar-refractivity contribution in [1.82, 2.24) is 0 Å². The van der Waals surface area contributed by atoms with Gasteiger partial charge in [0, 0.05) is 0 Å². The van der Waals surface area contributed by atoms with Gasteiger partial charge in [-0.25, -0.2) is 0 Å². The highest BCUT2D eigenvalue weighted by atomic mass is 32.3. The molecule has 0 saturated carbocycles. The van der Waals surface area contributed by atoms with E-state index in [0.717, 1.165) is 0 Å². The van der Waals surface area contributed by atoms with Gasteiger partial charge in [-0.05, 0) is 42.5 Å². The fourth-order valence-corrected chi connectivity index (χ4v) is 4.66. The van der Waals surface area contributed by atoms with Crippen LogP contribution in [0.3, 0.4) is 0 Å². The Labute approximate surface area is 168 Å².